The van der Waals surface area contributed by atoms with Gasteiger partial charge >= 0.3 is 0 Å². The van der Waals surface area contributed by atoms with Crippen molar-refractivity contribution in [3.05, 3.63) is 23.8 Å². The van der Waals surface area contributed by atoms with Crippen molar-refractivity contribution in [3.8, 4) is 5.75 Å². The Hall–Kier alpha value is -1.83. The zero-order valence-electron chi connectivity index (χ0n) is 16.7. The fraction of sp³-hybridized carbons (Fsp3) is 0.600. The van der Waals surface area contributed by atoms with Gasteiger partial charge in [0.05, 0.1) is 23.8 Å². The van der Waals surface area contributed by atoms with Gasteiger partial charge in [-0.05, 0) is 57.0 Å². The Balaban J connectivity index is 0.00000280. The maximum absolute atomic E-state index is 13.0. The maximum Gasteiger partial charge on any atom is 0.265 e. The molecule has 2 atom stereocenters. The van der Waals surface area contributed by atoms with Crippen LogP contribution in [0.5, 0.6) is 5.75 Å². The lowest BCUT2D eigenvalue weighted by atomic mass is 9.78. The Morgan fingerprint density at radius 1 is 1.39 bits per heavy atom. The first-order chi connectivity index (χ1) is 13.0. The second kappa shape index (κ2) is 9.58. The topological polar surface area (TPSA) is 88.7 Å². The molecule has 156 valence electrons. The lowest BCUT2D eigenvalue weighted by Gasteiger charge is -2.36. The number of carbonyl (C=O) groups is 2. The molecule has 0 saturated carbocycles. The van der Waals surface area contributed by atoms with Crippen LogP contribution in [0.4, 0.5) is 5.69 Å². The first-order valence-corrected chi connectivity index (χ1v) is 9.61. The van der Waals surface area contributed by atoms with E-state index in [-0.39, 0.29) is 30.3 Å². The largest absolute Gasteiger partial charge is 0.478 e. The molecule has 1 saturated heterocycles. The van der Waals surface area contributed by atoms with E-state index in [2.05, 4.69) is 16.0 Å². The van der Waals surface area contributed by atoms with E-state index >= 15 is 0 Å². The van der Waals surface area contributed by atoms with E-state index in [0.29, 0.717) is 24.5 Å². The maximum atomic E-state index is 13.0. The molecule has 0 aromatic heterocycles. The van der Waals surface area contributed by atoms with Crippen molar-refractivity contribution in [3.63, 3.8) is 0 Å². The standard InChI is InChI=1S/C20H29N3O4.ClH/c1-4-16-18(24)23-15-6-5-14(11-17(15)27-16)13(2)22-19(25)20(12-26-3)7-9-21-10-8-20;/h5-6,11,13,16,21H,4,7-10,12H2,1-3H3,(H,22,25)(H,23,24);1H. The van der Waals surface area contributed by atoms with Crippen molar-refractivity contribution in [2.75, 3.05) is 32.1 Å². The highest BCUT2D eigenvalue weighted by atomic mass is 35.5. The van der Waals surface area contributed by atoms with Crippen molar-refractivity contribution >= 4 is 29.9 Å². The van der Waals surface area contributed by atoms with Gasteiger partial charge in [-0.1, -0.05) is 13.0 Å². The molecule has 7 nitrogen and oxygen atoms in total. The number of hydrogen-bond donors (Lipinski definition) is 3. The van der Waals surface area contributed by atoms with E-state index in [4.69, 9.17) is 9.47 Å². The molecule has 1 aromatic rings. The van der Waals surface area contributed by atoms with Crippen molar-refractivity contribution in [2.45, 2.75) is 45.3 Å². The van der Waals surface area contributed by atoms with Gasteiger partial charge in [0.25, 0.3) is 5.91 Å². The minimum atomic E-state index is -0.486. The summed E-state index contributed by atoms with van der Waals surface area (Å²) in [4.78, 5) is 24.9. The van der Waals surface area contributed by atoms with E-state index in [1.165, 1.54) is 0 Å². The molecule has 0 aliphatic carbocycles. The molecule has 28 heavy (non-hydrogen) atoms. The lowest BCUT2D eigenvalue weighted by molar-refractivity contribution is -0.136. The van der Waals surface area contributed by atoms with Gasteiger partial charge in [-0.15, -0.1) is 12.4 Å². The minimum Gasteiger partial charge on any atom is -0.478 e. The number of fused-ring (bicyclic) bond motifs is 1. The highest BCUT2D eigenvalue weighted by Gasteiger charge is 2.40. The van der Waals surface area contributed by atoms with Gasteiger partial charge in [0, 0.05) is 7.11 Å². The van der Waals surface area contributed by atoms with Crippen LogP contribution in [0.1, 0.15) is 44.7 Å². The van der Waals surface area contributed by atoms with Crippen LogP contribution >= 0.6 is 12.4 Å². The number of ether oxygens (including phenoxy) is 2. The van der Waals surface area contributed by atoms with Gasteiger partial charge in [-0.2, -0.15) is 0 Å². The quantitative estimate of drug-likeness (QED) is 0.669. The molecule has 1 fully saturated rings. The molecule has 3 rings (SSSR count). The van der Waals surface area contributed by atoms with Crippen LogP contribution in [0.15, 0.2) is 18.2 Å². The monoisotopic (exact) mass is 411 g/mol. The molecule has 3 N–H and O–H groups in total. The fourth-order valence-corrected chi connectivity index (χ4v) is 3.75. The SMILES string of the molecule is CCC1Oc2cc(C(C)NC(=O)C3(COC)CCNCC3)ccc2NC1=O.Cl. The summed E-state index contributed by atoms with van der Waals surface area (Å²) in [7, 11) is 1.64. The molecule has 2 heterocycles. The normalized spacial score (nSPS) is 21.4. The second-order valence-corrected chi connectivity index (χ2v) is 7.42. The Morgan fingerprint density at radius 3 is 2.75 bits per heavy atom. The molecule has 1 aromatic carbocycles. The number of carbonyl (C=O) groups excluding carboxylic acids is 2. The number of halogens is 1. The van der Waals surface area contributed by atoms with E-state index in [1.54, 1.807) is 7.11 Å². The Kier molecular flexibility index (Phi) is 7.69. The molecule has 0 spiro atoms. The zero-order chi connectivity index (χ0) is 19.4. The molecule has 2 aliphatic rings. The van der Waals surface area contributed by atoms with Gasteiger partial charge in [-0.3, -0.25) is 9.59 Å². The van der Waals surface area contributed by atoms with Crippen LogP contribution in [0.25, 0.3) is 0 Å². The average molecular weight is 412 g/mol. The summed E-state index contributed by atoms with van der Waals surface area (Å²) in [6, 6.07) is 5.46. The first-order valence-electron chi connectivity index (χ1n) is 9.61. The number of piperidine rings is 1. The predicted molar refractivity (Wildman–Crippen MR) is 110 cm³/mol. The smallest absolute Gasteiger partial charge is 0.265 e. The van der Waals surface area contributed by atoms with Gasteiger partial charge in [-0.25, -0.2) is 0 Å². The highest BCUT2D eigenvalue weighted by molar-refractivity contribution is 5.97. The van der Waals surface area contributed by atoms with E-state index in [9.17, 15) is 9.59 Å². The number of anilines is 1. The number of hydrogen-bond acceptors (Lipinski definition) is 5. The summed E-state index contributed by atoms with van der Waals surface area (Å²) in [6.07, 6.45) is 1.65. The summed E-state index contributed by atoms with van der Waals surface area (Å²) in [5.41, 5.74) is 1.12. The van der Waals surface area contributed by atoms with Crippen LogP contribution in [-0.2, 0) is 14.3 Å². The number of benzene rings is 1. The van der Waals surface area contributed by atoms with E-state index in [0.717, 1.165) is 31.5 Å². The number of methoxy groups -OCH3 is 1. The molecule has 8 heteroatoms. The van der Waals surface area contributed by atoms with Crippen molar-refractivity contribution in [1.29, 1.82) is 0 Å². The molecule has 2 aliphatic heterocycles. The van der Waals surface area contributed by atoms with Crippen LogP contribution < -0.4 is 20.7 Å². The van der Waals surface area contributed by atoms with Crippen molar-refractivity contribution in [1.82, 2.24) is 10.6 Å². The van der Waals surface area contributed by atoms with E-state index in [1.807, 2.05) is 32.0 Å². The third-order valence-corrected chi connectivity index (χ3v) is 5.51. The number of rotatable bonds is 6. The highest BCUT2D eigenvalue weighted by Crippen LogP contribution is 2.34. The third-order valence-electron chi connectivity index (χ3n) is 5.51. The van der Waals surface area contributed by atoms with E-state index < -0.39 is 11.5 Å². The van der Waals surface area contributed by atoms with Gasteiger partial charge in [0.1, 0.15) is 5.75 Å². The number of nitrogens with one attached hydrogen (secondary N) is 3. The lowest BCUT2D eigenvalue weighted by Crippen LogP contribution is -2.50. The van der Waals surface area contributed by atoms with Crippen LogP contribution in [0.3, 0.4) is 0 Å². The zero-order valence-corrected chi connectivity index (χ0v) is 17.5. The summed E-state index contributed by atoms with van der Waals surface area (Å²) in [5, 5.41) is 9.31. The Bertz CT molecular complexity index is 701. The fourth-order valence-electron chi connectivity index (χ4n) is 3.75. The summed E-state index contributed by atoms with van der Waals surface area (Å²) in [6.45, 7) is 5.92. The molecular formula is C20H30ClN3O4. The average Bonchev–Trinajstić information content (AvgIpc) is 2.68. The third kappa shape index (κ3) is 4.59. The molecule has 0 radical (unpaired) electrons. The van der Waals surface area contributed by atoms with Crippen molar-refractivity contribution in [2.24, 2.45) is 5.41 Å². The molecule has 0 bridgehead atoms. The molecule has 2 amide bonds. The molecular weight excluding hydrogens is 382 g/mol. The Labute approximate surface area is 172 Å². The predicted octanol–water partition coefficient (Wildman–Crippen LogP) is 2.41. The van der Waals surface area contributed by atoms with Crippen LogP contribution in [0.2, 0.25) is 0 Å². The number of amides is 2. The summed E-state index contributed by atoms with van der Waals surface area (Å²) in [5.74, 6) is 0.553. The first kappa shape index (κ1) is 22.5. The Morgan fingerprint density at radius 2 is 2.11 bits per heavy atom. The summed E-state index contributed by atoms with van der Waals surface area (Å²) >= 11 is 0. The molecule has 2 unspecified atom stereocenters. The van der Waals surface area contributed by atoms with Gasteiger partial charge in [0.2, 0.25) is 5.91 Å². The van der Waals surface area contributed by atoms with Gasteiger partial charge in [0.15, 0.2) is 6.10 Å². The minimum absolute atomic E-state index is 0. The summed E-state index contributed by atoms with van der Waals surface area (Å²) < 4.78 is 11.2. The van der Waals surface area contributed by atoms with Crippen LogP contribution in [0, 0.1) is 5.41 Å². The van der Waals surface area contributed by atoms with Gasteiger partial charge < -0.3 is 25.4 Å². The second-order valence-electron chi connectivity index (χ2n) is 7.42. The van der Waals surface area contributed by atoms with Crippen molar-refractivity contribution < 1.29 is 19.1 Å². The van der Waals surface area contributed by atoms with Crippen LogP contribution in [-0.4, -0.2) is 44.7 Å².